The molecule has 3 nitrogen and oxygen atoms in total. The molecule has 1 saturated carbocycles. The molecule has 1 aliphatic carbocycles. The molecule has 0 unspecified atom stereocenters. The van der Waals surface area contributed by atoms with Crippen LogP contribution >= 0.6 is 0 Å². The Labute approximate surface area is 179 Å². The van der Waals surface area contributed by atoms with Crippen LogP contribution in [0.15, 0.2) is 34.9 Å². The predicted molar refractivity (Wildman–Crippen MR) is 123 cm³/mol. The van der Waals surface area contributed by atoms with Crippen LogP contribution in [0.25, 0.3) is 22.7 Å². The highest BCUT2D eigenvalue weighted by molar-refractivity contribution is 6.08. The molecule has 3 aromatic heterocycles. The molecular formula is C26H27BN2O. The summed E-state index contributed by atoms with van der Waals surface area (Å²) in [5.74, 6) is 3.29. The third-order valence-corrected chi connectivity index (χ3v) is 5.93. The van der Waals surface area contributed by atoms with Crippen LogP contribution in [0.4, 0.5) is 0 Å². The van der Waals surface area contributed by atoms with Gasteiger partial charge in [0.2, 0.25) is 5.71 Å². The van der Waals surface area contributed by atoms with E-state index in [0.29, 0.717) is 18.0 Å². The highest BCUT2D eigenvalue weighted by Crippen LogP contribution is 2.36. The van der Waals surface area contributed by atoms with E-state index < -0.39 is 0 Å². The van der Waals surface area contributed by atoms with Gasteiger partial charge in [-0.15, -0.1) is 6.42 Å². The van der Waals surface area contributed by atoms with Gasteiger partial charge < -0.3 is 4.42 Å². The van der Waals surface area contributed by atoms with E-state index in [-0.39, 0.29) is 5.41 Å². The first-order valence-corrected chi connectivity index (χ1v) is 10.7. The Balaban J connectivity index is 2.05. The molecule has 0 aliphatic heterocycles. The second-order valence-electron chi connectivity index (χ2n) is 9.10. The summed E-state index contributed by atoms with van der Waals surface area (Å²) in [7, 11) is 5.78. The van der Waals surface area contributed by atoms with Gasteiger partial charge in [-0.2, -0.15) is 0 Å². The molecule has 3 aromatic rings. The molecule has 1 aliphatic rings. The maximum Gasteiger partial charge on any atom is 0.227 e. The number of furan rings is 1. The number of hydrogen-bond acceptors (Lipinski definition) is 3. The lowest BCUT2D eigenvalue weighted by molar-refractivity contribution is 0.513. The van der Waals surface area contributed by atoms with Gasteiger partial charge in [0.05, 0.1) is 13.5 Å². The minimum absolute atomic E-state index is 0.205. The molecule has 3 heterocycles. The molecule has 0 amide bonds. The van der Waals surface area contributed by atoms with Crippen LogP contribution in [0.5, 0.6) is 0 Å². The summed E-state index contributed by atoms with van der Waals surface area (Å²) < 4.78 is 6.33. The Bertz CT molecular complexity index is 1230. The van der Waals surface area contributed by atoms with Crippen molar-refractivity contribution in [3.8, 4) is 12.3 Å². The standard InChI is InChI=1S/C26H27BN2O/c1-5-8-20-21-12-11-19(16-27)29-25(21)30-24(20)23(26(2,3)4)22-15-18(13-14-28-22)17-9-6-7-10-17/h1,8,11-15,17H,6-7,9-10,16H2,2-4H3/b20-8-,24-23+. The van der Waals surface area contributed by atoms with E-state index in [2.05, 4.69) is 43.8 Å². The zero-order valence-corrected chi connectivity index (χ0v) is 18.0. The van der Waals surface area contributed by atoms with E-state index in [1.54, 1.807) is 6.08 Å². The zero-order chi connectivity index (χ0) is 21.3. The summed E-state index contributed by atoms with van der Waals surface area (Å²) in [6.07, 6.45) is 14.8. The van der Waals surface area contributed by atoms with Gasteiger partial charge in [0, 0.05) is 28.1 Å². The van der Waals surface area contributed by atoms with Crippen molar-refractivity contribution in [2.24, 2.45) is 5.41 Å². The monoisotopic (exact) mass is 394 g/mol. The van der Waals surface area contributed by atoms with E-state index >= 15 is 0 Å². The average molecular weight is 394 g/mol. The lowest BCUT2D eigenvalue weighted by Gasteiger charge is -2.22. The number of nitrogens with zero attached hydrogens (tertiary/aromatic N) is 2. The molecule has 1 fully saturated rings. The Kier molecular flexibility index (Phi) is 5.56. The van der Waals surface area contributed by atoms with Crippen LogP contribution in [0, 0.1) is 17.8 Å². The first kappa shape index (κ1) is 20.5. The number of pyridine rings is 2. The second kappa shape index (κ2) is 8.15. The van der Waals surface area contributed by atoms with Gasteiger partial charge in [-0.25, -0.2) is 4.98 Å². The summed E-state index contributed by atoms with van der Waals surface area (Å²) >= 11 is 0. The van der Waals surface area contributed by atoms with Gasteiger partial charge in [-0.3, -0.25) is 4.98 Å². The van der Waals surface area contributed by atoms with Gasteiger partial charge in [0.25, 0.3) is 0 Å². The van der Waals surface area contributed by atoms with Crippen LogP contribution in [0.1, 0.15) is 69.3 Å². The maximum atomic E-state index is 6.33. The summed E-state index contributed by atoms with van der Waals surface area (Å²) in [4.78, 5) is 9.34. The van der Waals surface area contributed by atoms with Crippen molar-refractivity contribution < 1.29 is 4.42 Å². The fourth-order valence-electron chi connectivity index (χ4n) is 4.50. The lowest BCUT2D eigenvalue weighted by Crippen LogP contribution is -2.29. The zero-order valence-electron chi connectivity index (χ0n) is 18.0. The van der Waals surface area contributed by atoms with E-state index in [0.717, 1.165) is 33.0 Å². The molecule has 0 aromatic carbocycles. The van der Waals surface area contributed by atoms with Crippen LogP contribution in [-0.2, 0) is 6.32 Å². The van der Waals surface area contributed by atoms with E-state index in [4.69, 9.17) is 23.7 Å². The van der Waals surface area contributed by atoms with E-state index in [1.165, 1.54) is 31.2 Å². The summed E-state index contributed by atoms with van der Waals surface area (Å²) in [5, 5.41) is 1.77. The highest BCUT2D eigenvalue weighted by atomic mass is 16.3. The largest absolute Gasteiger partial charge is 0.437 e. The van der Waals surface area contributed by atoms with Gasteiger partial charge >= 0.3 is 0 Å². The van der Waals surface area contributed by atoms with Gasteiger partial charge in [0.1, 0.15) is 5.42 Å². The fourth-order valence-corrected chi connectivity index (χ4v) is 4.50. The first-order chi connectivity index (χ1) is 14.4. The van der Waals surface area contributed by atoms with E-state index in [9.17, 15) is 0 Å². The summed E-state index contributed by atoms with van der Waals surface area (Å²) in [6, 6.07) is 8.30. The SMILES string of the molecule is [B]Cc1ccc2c(=C/C#C)/c(=C(/c3cc(C4CCCC4)ccn3)C(C)(C)C)oc2n1. The molecule has 4 rings (SSSR count). The topological polar surface area (TPSA) is 38.9 Å². The normalized spacial score (nSPS) is 16.8. The lowest BCUT2D eigenvalue weighted by atomic mass is 9.83. The molecule has 0 bridgehead atoms. The minimum atomic E-state index is -0.205. The van der Waals surface area contributed by atoms with Crippen molar-refractivity contribution in [2.75, 3.05) is 0 Å². The fraction of sp³-hybridized carbons (Fsp3) is 0.385. The highest BCUT2D eigenvalue weighted by Gasteiger charge is 2.26. The van der Waals surface area contributed by atoms with E-state index in [1.807, 2.05) is 18.3 Å². The Hall–Kier alpha value is -2.80. The number of aromatic nitrogens is 2. The Morgan fingerprint density at radius 2 is 2.03 bits per heavy atom. The number of fused-ring (bicyclic) bond motifs is 1. The molecule has 4 heteroatoms. The first-order valence-electron chi connectivity index (χ1n) is 10.7. The Morgan fingerprint density at radius 3 is 2.70 bits per heavy atom. The second-order valence-corrected chi connectivity index (χ2v) is 9.10. The molecule has 0 atom stereocenters. The summed E-state index contributed by atoms with van der Waals surface area (Å²) in [5.41, 5.74) is 5.22. The van der Waals surface area contributed by atoms with Crippen LogP contribution < -0.4 is 10.6 Å². The van der Waals surface area contributed by atoms with Crippen molar-refractivity contribution in [3.63, 3.8) is 0 Å². The smallest absolute Gasteiger partial charge is 0.227 e. The van der Waals surface area contributed by atoms with Crippen molar-refractivity contribution in [2.45, 2.75) is 58.7 Å². The van der Waals surface area contributed by atoms with Crippen LogP contribution in [0.3, 0.4) is 0 Å². The molecular weight excluding hydrogens is 367 g/mol. The average Bonchev–Trinajstić information content (AvgIpc) is 3.36. The number of hydrogen-bond donors (Lipinski definition) is 0. The molecule has 0 saturated heterocycles. The number of rotatable bonds is 3. The van der Waals surface area contributed by atoms with Crippen molar-refractivity contribution in [1.29, 1.82) is 0 Å². The third kappa shape index (κ3) is 3.82. The van der Waals surface area contributed by atoms with Gasteiger partial charge in [-0.1, -0.05) is 39.5 Å². The van der Waals surface area contributed by atoms with Gasteiger partial charge in [-0.05, 0) is 66.4 Å². The summed E-state index contributed by atoms with van der Waals surface area (Å²) in [6.45, 7) is 6.54. The predicted octanol–water partition coefficient (Wildman–Crippen LogP) is 4.21. The third-order valence-electron chi connectivity index (χ3n) is 5.93. The Morgan fingerprint density at radius 1 is 1.27 bits per heavy atom. The maximum absolute atomic E-state index is 6.33. The minimum Gasteiger partial charge on any atom is -0.437 e. The van der Waals surface area contributed by atoms with Crippen LogP contribution in [0.2, 0.25) is 0 Å². The van der Waals surface area contributed by atoms with Crippen molar-refractivity contribution in [1.82, 2.24) is 9.97 Å². The number of terminal acetylenes is 1. The molecule has 0 spiro atoms. The van der Waals surface area contributed by atoms with Crippen LogP contribution in [-0.4, -0.2) is 17.8 Å². The molecule has 0 N–H and O–H groups in total. The molecule has 150 valence electrons. The quantitative estimate of drug-likeness (QED) is 0.494. The molecule has 30 heavy (non-hydrogen) atoms. The van der Waals surface area contributed by atoms with Gasteiger partial charge in [0.15, 0.2) is 0 Å². The molecule has 2 radical (unpaired) electrons. The van der Waals surface area contributed by atoms with Crippen molar-refractivity contribution >= 4 is 30.6 Å². The van der Waals surface area contributed by atoms with Crippen molar-refractivity contribution in [3.05, 3.63) is 58.0 Å².